The first-order valence-corrected chi connectivity index (χ1v) is 14.2. The van der Waals surface area contributed by atoms with Crippen molar-refractivity contribution in [2.24, 2.45) is 0 Å². The molecule has 0 bridgehead atoms. The van der Waals surface area contributed by atoms with Crippen molar-refractivity contribution in [3.63, 3.8) is 0 Å². The minimum atomic E-state index is -1.01. The molecule has 1 atom stereocenters. The number of halogens is 2. The monoisotopic (exact) mass is 575 g/mol. The second-order valence-corrected chi connectivity index (χ2v) is 10.9. The molecule has 1 aliphatic heterocycles. The standard InChI is InChI=1S/C29H35Cl2N3O5/c30-25-4-3-5-26(29(25)31)34-13-11-33(12-14-34)10-1-2-15-39-23-6-7-24-20(18-23)16-22(35)17-21(24)19-32-27(36)8-9-28(37)38/h3-7,18,21H,1-2,8-17,19H2,(H,32,36)(H,37,38). The van der Waals surface area contributed by atoms with Crippen LogP contribution in [0.3, 0.4) is 0 Å². The molecule has 0 spiro atoms. The van der Waals surface area contributed by atoms with E-state index in [4.69, 9.17) is 33.0 Å². The highest BCUT2D eigenvalue weighted by molar-refractivity contribution is 6.43. The summed E-state index contributed by atoms with van der Waals surface area (Å²) in [5.74, 6) is -0.556. The summed E-state index contributed by atoms with van der Waals surface area (Å²) in [6.45, 7) is 5.72. The maximum atomic E-state index is 12.3. The van der Waals surface area contributed by atoms with Gasteiger partial charge in [-0.3, -0.25) is 19.3 Å². The highest BCUT2D eigenvalue weighted by atomic mass is 35.5. The third kappa shape index (κ3) is 8.34. The van der Waals surface area contributed by atoms with Crippen LogP contribution in [0.1, 0.15) is 49.1 Å². The van der Waals surface area contributed by atoms with Crippen molar-refractivity contribution < 1.29 is 24.2 Å². The van der Waals surface area contributed by atoms with Crippen molar-refractivity contribution in [3.05, 3.63) is 57.6 Å². The van der Waals surface area contributed by atoms with Gasteiger partial charge in [0.25, 0.3) is 0 Å². The average Bonchev–Trinajstić information content (AvgIpc) is 2.92. The lowest BCUT2D eigenvalue weighted by Crippen LogP contribution is -2.46. The van der Waals surface area contributed by atoms with Crippen LogP contribution in [0.4, 0.5) is 5.69 Å². The van der Waals surface area contributed by atoms with Gasteiger partial charge >= 0.3 is 5.97 Å². The second-order valence-electron chi connectivity index (χ2n) is 10.1. The molecule has 2 aliphatic rings. The number of fused-ring (bicyclic) bond motifs is 1. The number of benzene rings is 2. The van der Waals surface area contributed by atoms with Crippen LogP contribution in [0, 0.1) is 0 Å². The molecule has 1 saturated heterocycles. The number of unbranched alkanes of at least 4 members (excludes halogenated alkanes) is 1. The van der Waals surface area contributed by atoms with Crippen LogP contribution in [0.5, 0.6) is 5.75 Å². The molecule has 39 heavy (non-hydrogen) atoms. The number of anilines is 1. The largest absolute Gasteiger partial charge is 0.494 e. The van der Waals surface area contributed by atoms with Gasteiger partial charge in [0.2, 0.25) is 5.91 Å². The molecule has 2 aromatic carbocycles. The van der Waals surface area contributed by atoms with Crippen molar-refractivity contribution in [2.75, 3.05) is 50.8 Å². The van der Waals surface area contributed by atoms with Crippen LogP contribution >= 0.6 is 23.2 Å². The maximum absolute atomic E-state index is 12.3. The zero-order valence-electron chi connectivity index (χ0n) is 22.0. The Bertz CT molecular complexity index is 1180. The molecule has 10 heteroatoms. The first-order valence-electron chi connectivity index (χ1n) is 13.5. The third-order valence-electron chi connectivity index (χ3n) is 7.31. The average molecular weight is 577 g/mol. The Morgan fingerprint density at radius 2 is 1.85 bits per heavy atom. The zero-order valence-corrected chi connectivity index (χ0v) is 23.5. The first-order chi connectivity index (χ1) is 18.8. The number of carboxylic acids is 1. The van der Waals surface area contributed by atoms with Crippen molar-refractivity contribution in [3.8, 4) is 5.75 Å². The van der Waals surface area contributed by atoms with Gasteiger partial charge in [-0.1, -0.05) is 35.3 Å². The lowest BCUT2D eigenvalue weighted by atomic mass is 9.82. The minimum absolute atomic E-state index is 0.0658. The molecule has 1 fully saturated rings. The Labute approximate surface area is 239 Å². The number of carbonyl (C=O) groups is 3. The number of aliphatic carboxylic acids is 1. The van der Waals surface area contributed by atoms with E-state index < -0.39 is 5.97 Å². The fourth-order valence-electron chi connectivity index (χ4n) is 5.20. The SMILES string of the molecule is O=C(O)CCC(=O)NCC1CC(=O)Cc2cc(OCCCCN3CCN(c4cccc(Cl)c4Cl)CC3)ccc21. The molecule has 1 unspecified atom stereocenters. The van der Waals surface area contributed by atoms with Crippen LogP contribution < -0.4 is 15.0 Å². The number of hydrogen-bond donors (Lipinski definition) is 2. The third-order valence-corrected chi connectivity index (χ3v) is 8.12. The van der Waals surface area contributed by atoms with Crippen LogP contribution in [-0.2, 0) is 20.8 Å². The number of rotatable bonds is 12. The molecule has 8 nitrogen and oxygen atoms in total. The Balaban J connectivity index is 1.17. The second kappa shape index (κ2) is 14.0. The maximum Gasteiger partial charge on any atom is 0.303 e. The molecule has 0 saturated carbocycles. The molecule has 1 heterocycles. The van der Waals surface area contributed by atoms with E-state index >= 15 is 0 Å². The van der Waals surface area contributed by atoms with E-state index in [1.54, 1.807) is 0 Å². The highest BCUT2D eigenvalue weighted by Gasteiger charge is 2.26. The molecule has 210 valence electrons. The topological polar surface area (TPSA) is 99.2 Å². The van der Waals surface area contributed by atoms with Gasteiger partial charge < -0.3 is 20.1 Å². The van der Waals surface area contributed by atoms with Crippen LogP contribution in [-0.4, -0.2) is 73.5 Å². The van der Waals surface area contributed by atoms with Gasteiger partial charge in [-0.15, -0.1) is 0 Å². The molecular formula is C29H35Cl2N3O5. The molecule has 2 N–H and O–H groups in total. The number of ether oxygens (including phenoxy) is 1. The Kier molecular flexibility index (Phi) is 10.5. The molecule has 0 radical (unpaired) electrons. The number of carboxylic acid groups (broad SMARTS) is 1. The van der Waals surface area contributed by atoms with Gasteiger partial charge in [0.05, 0.1) is 28.8 Å². The number of hydrogen-bond acceptors (Lipinski definition) is 6. The molecular weight excluding hydrogens is 541 g/mol. The van der Waals surface area contributed by atoms with Crippen molar-refractivity contribution in [1.82, 2.24) is 10.2 Å². The van der Waals surface area contributed by atoms with Crippen LogP contribution in [0.2, 0.25) is 10.0 Å². The van der Waals surface area contributed by atoms with Gasteiger partial charge in [-0.05, 0) is 54.8 Å². The Morgan fingerprint density at radius 3 is 2.62 bits per heavy atom. The van der Waals surface area contributed by atoms with Gasteiger partial charge in [0, 0.05) is 57.9 Å². The van der Waals surface area contributed by atoms with Crippen LogP contribution in [0.15, 0.2) is 36.4 Å². The predicted octanol–water partition coefficient (Wildman–Crippen LogP) is 4.55. The summed E-state index contributed by atoms with van der Waals surface area (Å²) in [5, 5.41) is 12.7. The minimum Gasteiger partial charge on any atom is -0.494 e. The Hall–Kier alpha value is -2.81. The summed E-state index contributed by atoms with van der Waals surface area (Å²) in [5.41, 5.74) is 2.97. The number of ketones is 1. The van der Waals surface area contributed by atoms with Gasteiger partial charge in [0.15, 0.2) is 0 Å². The summed E-state index contributed by atoms with van der Waals surface area (Å²) in [4.78, 5) is 39.7. The number of nitrogens with one attached hydrogen (secondary N) is 1. The highest BCUT2D eigenvalue weighted by Crippen LogP contribution is 2.33. The van der Waals surface area contributed by atoms with E-state index in [1.807, 2.05) is 36.4 Å². The molecule has 1 amide bonds. The van der Waals surface area contributed by atoms with Crippen molar-refractivity contribution >= 4 is 46.5 Å². The predicted molar refractivity (Wildman–Crippen MR) is 152 cm³/mol. The number of Topliss-reactive ketones (excluding diaryl/α,β-unsaturated/α-hetero) is 1. The Morgan fingerprint density at radius 1 is 1.05 bits per heavy atom. The van der Waals surface area contributed by atoms with Crippen molar-refractivity contribution in [2.45, 2.75) is 44.4 Å². The smallest absolute Gasteiger partial charge is 0.303 e. The van der Waals surface area contributed by atoms with E-state index in [9.17, 15) is 14.4 Å². The molecule has 2 aromatic rings. The van der Waals surface area contributed by atoms with E-state index in [0.29, 0.717) is 36.0 Å². The quantitative estimate of drug-likeness (QED) is 0.358. The number of amides is 1. The van der Waals surface area contributed by atoms with Gasteiger partial charge in [0.1, 0.15) is 11.5 Å². The lowest BCUT2D eigenvalue weighted by molar-refractivity contribution is -0.138. The zero-order chi connectivity index (χ0) is 27.8. The van der Waals surface area contributed by atoms with Gasteiger partial charge in [-0.2, -0.15) is 0 Å². The summed E-state index contributed by atoms with van der Waals surface area (Å²) in [7, 11) is 0. The summed E-state index contributed by atoms with van der Waals surface area (Å²) in [6, 6.07) is 11.6. The summed E-state index contributed by atoms with van der Waals surface area (Å²) >= 11 is 12.5. The van der Waals surface area contributed by atoms with E-state index in [1.165, 1.54) is 0 Å². The molecule has 1 aliphatic carbocycles. The normalized spacial score (nSPS) is 17.5. The summed E-state index contributed by atoms with van der Waals surface area (Å²) in [6.07, 6.45) is 2.42. The molecule has 0 aromatic heterocycles. The lowest BCUT2D eigenvalue weighted by Gasteiger charge is -2.36. The summed E-state index contributed by atoms with van der Waals surface area (Å²) < 4.78 is 5.99. The number of nitrogens with zero attached hydrogens (tertiary/aromatic N) is 2. The van der Waals surface area contributed by atoms with E-state index in [0.717, 1.165) is 68.1 Å². The van der Waals surface area contributed by atoms with Crippen molar-refractivity contribution in [1.29, 1.82) is 0 Å². The first kappa shape index (κ1) is 29.2. The number of piperazine rings is 1. The molecule has 4 rings (SSSR count). The van der Waals surface area contributed by atoms with Gasteiger partial charge in [-0.25, -0.2) is 0 Å². The fourth-order valence-corrected chi connectivity index (χ4v) is 5.61. The number of carbonyl (C=O) groups excluding carboxylic acids is 2. The van der Waals surface area contributed by atoms with Crippen LogP contribution in [0.25, 0.3) is 0 Å². The fraction of sp³-hybridized carbons (Fsp3) is 0.483. The van der Waals surface area contributed by atoms with E-state index in [2.05, 4.69) is 15.1 Å². The van der Waals surface area contributed by atoms with E-state index in [-0.39, 0.29) is 30.4 Å².